The molecule has 0 unspecified atom stereocenters. The molecule has 0 saturated carbocycles. The number of aryl methyl sites for hydroxylation is 1. The second kappa shape index (κ2) is 5.35. The molecular weight excluding hydrogens is 248 g/mol. The number of imidazole rings is 1. The average Bonchev–Trinajstić information content (AvgIpc) is 2.78. The number of aromatic nitrogens is 2. The lowest BCUT2D eigenvalue weighted by atomic mass is 10.1. The van der Waals surface area contributed by atoms with E-state index in [9.17, 15) is 0 Å². The van der Waals surface area contributed by atoms with Gasteiger partial charge in [-0.3, -0.25) is 0 Å². The number of nitrogens with two attached hydrogens (primary N) is 1. The highest BCUT2D eigenvalue weighted by atomic mass is 14.9. The summed E-state index contributed by atoms with van der Waals surface area (Å²) < 4.78 is 0. The predicted molar refractivity (Wildman–Crippen MR) is 82.2 cm³/mol. The number of rotatable bonds is 4. The zero-order valence-electron chi connectivity index (χ0n) is 11.5. The number of fused-ring (bicyclic) bond motifs is 1. The fourth-order valence-corrected chi connectivity index (χ4v) is 2.35. The molecular formula is C16H18N4. The number of hydrogen-bond donors (Lipinski definition) is 3. The first-order valence-corrected chi connectivity index (χ1v) is 6.71. The molecule has 0 fully saturated rings. The summed E-state index contributed by atoms with van der Waals surface area (Å²) in [5.74, 6) is 0.949. The lowest BCUT2D eigenvalue weighted by Gasteiger charge is -2.06. The lowest BCUT2D eigenvalue weighted by Crippen LogP contribution is -2.12. The fraction of sp³-hybridized carbons (Fsp3) is 0.188. The fourth-order valence-electron chi connectivity index (χ4n) is 2.35. The summed E-state index contributed by atoms with van der Waals surface area (Å²) in [4.78, 5) is 7.66. The molecule has 0 aliphatic heterocycles. The molecule has 3 rings (SSSR count). The zero-order chi connectivity index (χ0) is 13.9. The first-order chi connectivity index (χ1) is 9.70. The van der Waals surface area contributed by atoms with E-state index in [1.807, 2.05) is 25.1 Å². The number of anilines is 1. The monoisotopic (exact) mass is 266 g/mol. The van der Waals surface area contributed by atoms with Crippen molar-refractivity contribution in [3.05, 3.63) is 59.4 Å². The Hall–Kier alpha value is -2.33. The molecule has 1 aromatic heterocycles. The van der Waals surface area contributed by atoms with Crippen molar-refractivity contribution >= 4 is 16.7 Å². The van der Waals surface area contributed by atoms with Crippen LogP contribution >= 0.6 is 0 Å². The molecule has 2 aromatic carbocycles. The number of aromatic amines is 1. The van der Waals surface area contributed by atoms with E-state index in [0.717, 1.165) is 35.6 Å². The Bertz CT molecular complexity index is 730. The molecule has 4 nitrogen and oxygen atoms in total. The first-order valence-electron chi connectivity index (χ1n) is 6.71. The minimum atomic E-state index is 0.804. The number of nitrogen functional groups attached to an aromatic ring is 1. The van der Waals surface area contributed by atoms with E-state index < -0.39 is 0 Å². The molecule has 4 heteroatoms. The quantitative estimate of drug-likeness (QED) is 0.636. The van der Waals surface area contributed by atoms with Gasteiger partial charge in [-0.25, -0.2) is 4.98 Å². The minimum absolute atomic E-state index is 0.804. The van der Waals surface area contributed by atoms with Gasteiger partial charge in [-0.2, -0.15) is 0 Å². The van der Waals surface area contributed by atoms with Gasteiger partial charge in [-0.15, -0.1) is 0 Å². The van der Waals surface area contributed by atoms with Gasteiger partial charge in [0, 0.05) is 18.8 Å². The molecule has 1 heterocycles. The van der Waals surface area contributed by atoms with Crippen molar-refractivity contribution in [2.24, 2.45) is 0 Å². The molecule has 0 saturated heterocycles. The normalized spacial score (nSPS) is 11.1. The van der Waals surface area contributed by atoms with Crippen LogP contribution in [0.1, 0.15) is 17.0 Å². The van der Waals surface area contributed by atoms with Gasteiger partial charge in [-0.05, 0) is 42.3 Å². The summed E-state index contributed by atoms with van der Waals surface area (Å²) in [5, 5.41) is 3.43. The summed E-state index contributed by atoms with van der Waals surface area (Å²) in [6.45, 7) is 3.60. The van der Waals surface area contributed by atoms with Gasteiger partial charge in [0.2, 0.25) is 0 Å². The summed E-state index contributed by atoms with van der Waals surface area (Å²) in [7, 11) is 0. The Morgan fingerprint density at radius 1 is 1.10 bits per heavy atom. The molecule has 3 aromatic rings. The smallest absolute Gasteiger partial charge is 0.104 e. The molecule has 0 atom stereocenters. The Morgan fingerprint density at radius 3 is 2.70 bits per heavy atom. The minimum Gasteiger partial charge on any atom is -0.399 e. The van der Waals surface area contributed by atoms with Crippen molar-refractivity contribution in [3.8, 4) is 0 Å². The SMILES string of the molecule is Cc1nc2ccc(CNCc3cccc(N)c3)cc2[nH]1. The standard InChI is InChI=1S/C16H18N4/c1-11-19-15-6-5-13(8-16(15)20-11)10-18-9-12-3-2-4-14(17)7-12/h2-8,18H,9-10,17H2,1H3,(H,19,20). The number of nitrogens with one attached hydrogen (secondary N) is 2. The molecule has 20 heavy (non-hydrogen) atoms. The van der Waals surface area contributed by atoms with E-state index in [4.69, 9.17) is 5.73 Å². The summed E-state index contributed by atoms with van der Waals surface area (Å²) in [6, 6.07) is 14.2. The van der Waals surface area contributed by atoms with Gasteiger partial charge in [-0.1, -0.05) is 18.2 Å². The van der Waals surface area contributed by atoms with E-state index in [1.54, 1.807) is 0 Å². The Morgan fingerprint density at radius 2 is 1.90 bits per heavy atom. The third-order valence-electron chi connectivity index (χ3n) is 3.27. The molecule has 0 radical (unpaired) electrons. The number of hydrogen-bond acceptors (Lipinski definition) is 3. The van der Waals surface area contributed by atoms with Gasteiger partial charge in [0.1, 0.15) is 5.82 Å². The maximum absolute atomic E-state index is 5.77. The molecule has 102 valence electrons. The second-order valence-electron chi connectivity index (χ2n) is 5.02. The van der Waals surface area contributed by atoms with E-state index in [2.05, 4.69) is 39.6 Å². The van der Waals surface area contributed by atoms with Gasteiger partial charge in [0.25, 0.3) is 0 Å². The largest absolute Gasteiger partial charge is 0.399 e. The van der Waals surface area contributed by atoms with Crippen molar-refractivity contribution < 1.29 is 0 Å². The van der Waals surface area contributed by atoms with Crippen LogP contribution in [0.3, 0.4) is 0 Å². The van der Waals surface area contributed by atoms with Crippen molar-refractivity contribution in [3.63, 3.8) is 0 Å². The van der Waals surface area contributed by atoms with Crippen molar-refractivity contribution in [1.82, 2.24) is 15.3 Å². The molecule has 0 amide bonds. The molecule has 0 aliphatic carbocycles. The van der Waals surface area contributed by atoms with Crippen LogP contribution in [0, 0.1) is 6.92 Å². The highest BCUT2D eigenvalue weighted by Crippen LogP contribution is 2.13. The van der Waals surface area contributed by atoms with E-state index in [-0.39, 0.29) is 0 Å². The summed E-state index contributed by atoms with van der Waals surface area (Å²) >= 11 is 0. The van der Waals surface area contributed by atoms with Gasteiger partial charge in [0.05, 0.1) is 11.0 Å². The molecule has 4 N–H and O–H groups in total. The molecule has 0 bridgehead atoms. The van der Waals surface area contributed by atoms with E-state index in [0.29, 0.717) is 0 Å². The summed E-state index contributed by atoms with van der Waals surface area (Å²) in [6.07, 6.45) is 0. The Balaban J connectivity index is 1.64. The van der Waals surface area contributed by atoms with Crippen LogP contribution in [0.25, 0.3) is 11.0 Å². The van der Waals surface area contributed by atoms with Crippen LogP contribution in [-0.2, 0) is 13.1 Å². The average molecular weight is 266 g/mol. The van der Waals surface area contributed by atoms with Gasteiger partial charge in [0.15, 0.2) is 0 Å². The van der Waals surface area contributed by atoms with Crippen LogP contribution in [-0.4, -0.2) is 9.97 Å². The highest BCUT2D eigenvalue weighted by Gasteiger charge is 2.01. The topological polar surface area (TPSA) is 66.7 Å². The van der Waals surface area contributed by atoms with Crippen LogP contribution in [0.5, 0.6) is 0 Å². The Kier molecular flexibility index (Phi) is 3.39. The zero-order valence-corrected chi connectivity index (χ0v) is 11.5. The third-order valence-corrected chi connectivity index (χ3v) is 3.27. The lowest BCUT2D eigenvalue weighted by molar-refractivity contribution is 0.694. The van der Waals surface area contributed by atoms with Crippen molar-refractivity contribution in [1.29, 1.82) is 0 Å². The molecule has 0 spiro atoms. The number of benzene rings is 2. The van der Waals surface area contributed by atoms with E-state index >= 15 is 0 Å². The molecule has 0 aliphatic rings. The van der Waals surface area contributed by atoms with Crippen molar-refractivity contribution in [2.75, 3.05) is 5.73 Å². The second-order valence-corrected chi connectivity index (χ2v) is 5.02. The summed E-state index contributed by atoms with van der Waals surface area (Å²) in [5.41, 5.74) is 11.1. The van der Waals surface area contributed by atoms with Crippen LogP contribution in [0.2, 0.25) is 0 Å². The predicted octanol–water partition coefficient (Wildman–Crippen LogP) is 2.74. The third kappa shape index (κ3) is 2.81. The van der Waals surface area contributed by atoms with E-state index in [1.165, 1.54) is 11.1 Å². The maximum Gasteiger partial charge on any atom is 0.104 e. The van der Waals surface area contributed by atoms with Gasteiger partial charge < -0.3 is 16.0 Å². The first kappa shape index (κ1) is 12.7. The van der Waals surface area contributed by atoms with Crippen LogP contribution in [0.4, 0.5) is 5.69 Å². The van der Waals surface area contributed by atoms with Crippen LogP contribution in [0.15, 0.2) is 42.5 Å². The number of H-pyrrole nitrogens is 1. The van der Waals surface area contributed by atoms with Crippen molar-refractivity contribution in [2.45, 2.75) is 20.0 Å². The highest BCUT2D eigenvalue weighted by molar-refractivity contribution is 5.75. The van der Waals surface area contributed by atoms with Crippen LogP contribution < -0.4 is 11.1 Å². The number of nitrogens with zero attached hydrogens (tertiary/aromatic N) is 1. The maximum atomic E-state index is 5.77. The van der Waals surface area contributed by atoms with Gasteiger partial charge >= 0.3 is 0 Å². The Labute approximate surface area is 118 Å².